The molecule has 1 aliphatic heterocycles. The van der Waals surface area contributed by atoms with E-state index in [0.29, 0.717) is 16.6 Å². The summed E-state index contributed by atoms with van der Waals surface area (Å²) in [6.07, 6.45) is 3.54. The highest BCUT2D eigenvalue weighted by atomic mass is 32.2. The molecule has 2 heterocycles. The summed E-state index contributed by atoms with van der Waals surface area (Å²) in [5.41, 5.74) is 2.89. The molecule has 1 amide bonds. The second-order valence-corrected chi connectivity index (χ2v) is 7.76. The van der Waals surface area contributed by atoms with E-state index in [4.69, 9.17) is 4.42 Å². The van der Waals surface area contributed by atoms with Crippen LogP contribution in [0, 0.1) is 0 Å². The van der Waals surface area contributed by atoms with Gasteiger partial charge in [-0.3, -0.25) is 14.7 Å². The van der Waals surface area contributed by atoms with Gasteiger partial charge in [0.1, 0.15) is 5.76 Å². The van der Waals surface area contributed by atoms with Crippen molar-refractivity contribution in [2.45, 2.75) is 6.54 Å². The van der Waals surface area contributed by atoms with E-state index in [1.165, 1.54) is 11.8 Å². The van der Waals surface area contributed by atoms with Crippen LogP contribution in [0.2, 0.25) is 0 Å². The van der Waals surface area contributed by atoms with Gasteiger partial charge in [-0.25, -0.2) is 0 Å². The summed E-state index contributed by atoms with van der Waals surface area (Å²) < 4.78 is 5.38. The lowest BCUT2D eigenvalue weighted by Crippen LogP contribution is -2.28. The molecule has 0 unspecified atom stereocenters. The van der Waals surface area contributed by atoms with Crippen molar-refractivity contribution in [1.29, 1.82) is 0 Å². The number of carbonyl (C=O) groups is 1. The number of amidine groups is 1. The number of thioether (sulfide) groups is 1. The van der Waals surface area contributed by atoms with Gasteiger partial charge in [-0.1, -0.05) is 30.3 Å². The first-order valence-corrected chi connectivity index (χ1v) is 10.1. The van der Waals surface area contributed by atoms with E-state index in [1.54, 1.807) is 11.2 Å². The molecule has 0 spiro atoms. The number of rotatable bonds is 5. The van der Waals surface area contributed by atoms with Crippen molar-refractivity contribution >= 4 is 40.3 Å². The number of amides is 1. The molecular formula is C23H21N3O2S. The van der Waals surface area contributed by atoms with E-state index in [-0.39, 0.29) is 5.91 Å². The van der Waals surface area contributed by atoms with E-state index in [0.717, 1.165) is 22.7 Å². The summed E-state index contributed by atoms with van der Waals surface area (Å²) in [6.45, 7) is 0.386. The number of hydrogen-bond acceptors (Lipinski definition) is 5. The molecule has 1 fully saturated rings. The van der Waals surface area contributed by atoms with Gasteiger partial charge in [0.2, 0.25) is 0 Å². The Bertz CT molecular complexity index is 1040. The summed E-state index contributed by atoms with van der Waals surface area (Å²) in [7, 11) is 4.01. The molecule has 29 heavy (non-hydrogen) atoms. The number of carbonyl (C=O) groups excluding carboxylic acids is 1. The lowest BCUT2D eigenvalue weighted by Gasteiger charge is -2.15. The van der Waals surface area contributed by atoms with E-state index >= 15 is 0 Å². The standard InChI is InChI=1S/C23H21N3O2S/c1-25(2)18-12-10-17(11-13-18)15-21-22(27)26(19-7-4-3-5-8-19)23(29-21)24-16-20-9-6-14-28-20/h3-15H,16H2,1-2H3. The van der Waals surface area contributed by atoms with Crippen molar-refractivity contribution in [3.05, 3.63) is 89.2 Å². The molecule has 3 aromatic rings. The number of nitrogens with zero attached hydrogens (tertiary/aromatic N) is 3. The van der Waals surface area contributed by atoms with Crippen LogP contribution in [0.1, 0.15) is 11.3 Å². The molecule has 2 aromatic carbocycles. The fourth-order valence-corrected chi connectivity index (χ4v) is 3.93. The highest BCUT2D eigenvalue weighted by molar-refractivity contribution is 8.19. The predicted molar refractivity (Wildman–Crippen MR) is 120 cm³/mol. The first-order valence-electron chi connectivity index (χ1n) is 9.25. The lowest BCUT2D eigenvalue weighted by molar-refractivity contribution is -0.113. The fourth-order valence-electron chi connectivity index (χ4n) is 2.95. The van der Waals surface area contributed by atoms with Crippen LogP contribution in [-0.4, -0.2) is 25.2 Å². The van der Waals surface area contributed by atoms with E-state index < -0.39 is 0 Å². The maximum absolute atomic E-state index is 13.2. The van der Waals surface area contributed by atoms with Crippen LogP contribution < -0.4 is 9.80 Å². The molecular weight excluding hydrogens is 382 g/mol. The Kier molecular flexibility index (Phi) is 5.53. The van der Waals surface area contributed by atoms with Crippen molar-refractivity contribution in [3.8, 4) is 0 Å². The minimum atomic E-state index is -0.0731. The molecule has 1 saturated heterocycles. The van der Waals surface area contributed by atoms with Crippen LogP contribution in [0.25, 0.3) is 6.08 Å². The second kappa shape index (κ2) is 8.41. The van der Waals surface area contributed by atoms with Gasteiger partial charge in [0.05, 0.1) is 23.4 Å². The number of hydrogen-bond donors (Lipinski definition) is 0. The second-order valence-electron chi connectivity index (χ2n) is 6.75. The quantitative estimate of drug-likeness (QED) is 0.561. The van der Waals surface area contributed by atoms with Crippen LogP contribution in [0.4, 0.5) is 11.4 Å². The third kappa shape index (κ3) is 4.27. The summed E-state index contributed by atoms with van der Waals surface area (Å²) in [6, 6.07) is 21.4. The van der Waals surface area contributed by atoms with Crippen molar-refractivity contribution < 1.29 is 9.21 Å². The average Bonchev–Trinajstić information content (AvgIpc) is 3.36. The molecule has 146 valence electrons. The number of para-hydroxylation sites is 1. The molecule has 0 aliphatic carbocycles. The molecule has 0 N–H and O–H groups in total. The molecule has 0 atom stereocenters. The van der Waals surface area contributed by atoms with Gasteiger partial charge >= 0.3 is 0 Å². The Labute approximate surface area is 174 Å². The molecule has 1 aliphatic rings. The number of benzene rings is 2. The minimum absolute atomic E-state index is 0.0731. The van der Waals surface area contributed by atoms with Gasteiger partial charge in [-0.2, -0.15) is 0 Å². The largest absolute Gasteiger partial charge is 0.467 e. The zero-order valence-corrected chi connectivity index (χ0v) is 17.1. The number of anilines is 2. The SMILES string of the molecule is CN(C)c1ccc(C=C2SC(=NCc3ccco3)N(c3ccccc3)C2=O)cc1. The Hall–Kier alpha value is -3.25. The van der Waals surface area contributed by atoms with Crippen LogP contribution in [0.5, 0.6) is 0 Å². The molecule has 4 rings (SSSR count). The fraction of sp³-hybridized carbons (Fsp3) is 0.130. The average molecular weight is 404 g/mol. The van der Waals surface area contributed by atoms with E-state index in [1.807, 2.05) is 91.8 Å². The van der Waals surface area contributed by atoms with Crippen molar-refractivity contribution in [2.75, 3.05) is 23.9 Å². The third-order valence-electron chi connectivity index (χ3n) is 4.48. The number of aliphatic imine (C=N–C) groups is 1. The van der Waals surface area contributed by atoms with E-state index in [2.05, 4.69) is 4.99 Å². The normalized spacial score (nSPS) is 16.8. The molecule has 0 radical (unpaired) electrons. The van der Waals surface area contributed by atoms with Crippen LogP contribution >= 0.6 is 11.8 Å². The molecule has 6 heteroatoms. The monoisotopic (exact) mass is 403 g/mol. The number of furan rings is 1. The van der Waals surface area contributed by atoms with Crippen LogP contribution in [0.15, 0.2) is 87.3 Å². The zero-order chi connectivity index (χ0) is 20.2. The summed E-state index contributed by atoms with van der Waals surface area (Å²) in [5, 5.41) is 0.647. The zero-order valence-electron chi connectivity index (χ0n) is 16.3. The van der Waals surface area contributed by atoms with Crippen molar-refractivity contribution in [3.63, 3.8) is 0 Å². The van der Waals surface area contributed by atoms with Gasteiger partial charge in [-0.15, -0.1) is 0 Å². The maximum atomic E-state index is 13.2. The van der Waals surface area contributed by atoms with Gasteiger partial charge in [-0.05, 0) is 59.8 Å². The van der Waals surface area contributed by atoms with E-state index in [9.17, 15) is 4.79 Å². The Morgan fingerprint density at radius 2 is 1.79 bits per heavy atom. The summed E-state index contributed by atoms with van der Waals surface area (Å²) in [5.74, 6) is 0.686. The van der Waals surface area contributed by atoms with Crippen LogP contribution in [-0.2, 0) is 11.3 Å². The van der Waals surface area contributed by atoms with Gasteiger partial charge < -0.3 is 9.32 Å². The first-order chi connectivity index (χ1) is 14.1. The van der Waals surface area contributed by atoms with Gasteiger partial charge in [0, 0.05) is 19.8 Å². The highest BCUT2D eigenvalue weighted by Gasteiger charge is 2.34. The Morgan fingerprint density at radius 3 is 2.45 bits per heavy atom. The highest BCUT2D eigenvalue weighted by Crippen LogP contribution is 2.36. The summed E-state index contributed by atoms with van der Waals surface area (Å²) >= 11 is 1.38. The summed E-state index contributed by atoms with van der Waals surface area (Å²) in [4.78, 5) is 22.2. The molecule has 1 aromatic heterocycles. The Balaban J connectivity index is 1.65. The topological polar surface area (TPSA) is 49.1 Å². The molecule has 0 bridgehead atoms. The molecule has 0 saturated carbocycles. The predicted octanol–water partition coefficient (Wildman–Crippen LogP) is 5.02. The minimum Gasteiger partial charge on any atom is -0.467 e. The maximum Gasteiger partial charge on any atom is 0.271 e. The van der Waals surface area contributed by atoms with Crippen LogP contribution in [0.3, 0.4) is 0 Å². The van der Waals surface area contributed by atoms with Gasteiger partial charge in [0.25, 0.3) is 5.91 Å². The van der Waals surface area contributed by atoms with Crippen molar-refractivity contribution in [2.24, 2.45) is 4.99 Å². The van der Waals surface area contributed by atoms with Gasteiger partial charge in [0.15, 0.2) is 5.17 Å². The first kappa shape index (κ1) is 19.1. The smallest absolute Gasteiger partial charge is 0.271 e. The lowest BCUT2D eigenvalue weighted by atomic mass is 10.2. The molecule has 5 nitrogen and oxygen atoms in total. The Morgan fingerprint density at radius 1 is 1.03 bits per heavy atom. The third-order valence-corrected chi connectivity index (χ3v) is 5.48. The van der Waals surface area contributed by atoms with Crippen molar-refractivity contribution in [1.82, 2.24) is 0 Å².